The Bertz CT molecular complexity index is 1290. The largest absolute Gasteiger partial charge is 0.481 e. The number of aliphatic carboxylic acids is 1. The highest BCUT2D eigenvalue weighted by Crippen LogP contribution is 2.40. The van der Waals surface area contributed by atoms with Gasteiger partial charge in [0.15, 0.2) is 0 Å². The van der Waals surface area contributed by atoms with E-state index in [0.29, 0.717) is 0 Å². The fourth-order valence-corrected chi connectivity index (χ4v) is 6.16. The summed E-state index contributed by atoms with van der Waals surface area (Å²) in [5.74, 6) is -0.804. The summed E-state index contributed by atoms with van der Waals surface area (Å²) in [4.78, 5) is 31.9. The standard InChI is InChI=1S/C29H35N3O5/c1-18-12-13-22-24(31(18)29(35)37-3)14-15-25-27(22)30-26(32(25)20-10-7-11-21(16-20)36-2)17-23(28(33)34)19-8-5-4-6-9-19/h4-6,8-9,14-15,18,20-21,23H,7,10-13,16-17H2,1-3H3,(H,33,34)/t18-,20+,21-,23+/m0/s1. The van der Waals surface area contributed by atoms with E-state index in [1.165, 1.54) is 7.11 Å². The molecule has 1 fully saturated rings. The Morgan fingerprint density at radius 1 is 1.11 bits per heavy atom. The van der Waals surface area contributed by atoms with E-state index < -0.39 is 11.9 Å². The number of amides is 1. The summed E-state index contributed by atoms with van der Waals surface area (Å²) >= 11 is 0. The normalized spacial score (nSPS) is 22.5. The van der Waals surface area contributed by atoms with Gasteiger partial charge in [-0.2, -0.15) is 0 Å². The van der Waals surface area contributed by atoms with Crippen molar-refractivity contribution in [2.75, 3.05) is 19.1 Å². The second-order valence-electron chi connectivity index (χ2n) is 10.2. The molecule has 8 heteroatoms. The van der Waals surface area contributed by atoms with Crippen LogP contribution in [0.1, 0.15) is 67.9 Å². The molecule has 2 aliphatic rings. The van der Waals surface area contributed by atoms with Gasteiger partial charge in [-0.05, 0) is 63.1 Å². The molecule has 2 aromatic carbocycles. The van der Waals surface area contributed by atoms with Crippen LogP contribution in [-0.4, -0.2) is 53.1 Å². The van der Waals surface area contributed by atoms with Crippen LogP contribution >= 0.6 is 0 Å². The molecule has 0 saturated heterocycles. The number of aromatic nitrogens is 2. The molecule has 0 bridgehead atoms. The zero-order valence-electron chi connectivity index (χ0n) is 21.7. The number of hydrogen-bond acceptors (Lipinski definition) is 5. The maximum absolute atomic E-state index is 12.6. The molecule has 5 rings (SSSR count). The Hall–Kier alpha value is -3.39. The van der Waals surface area contributed by atoms with Crippen molar-refractivity contribution < 1.29 is 24.2 Å². The topological polar surface area (TPSA) is 93.9 Å². The third-order valence-corrected chi connectivity index (χ3v) is 8.08. The first-order chi connectivity index (χ1) is 17.9. The number of aryl methyl sites for hydroxylation is 1. The molecule has 1 saturated carbocycles. The number of nitrogens with zero attached hydrogens (tertiary/aromatic N) is 3. The van der Waals surface area contributed by atoms with Gasteiger partial charge in [-0.1, -0.05) is 30.3 Å². The minimum Gasteiger partial charge on any atom is -0.481 e. The van der Waals surface area contributed by atoms with Gasteiger partial charge in [0, 0.05) is 31.2 Å². The summed E-state index contributed by atoms with van der Waals surface area (Å²) in [7, 11) is 3.16. The van der Waals surface area contributed by atoms with Gasteiger partial charge in [0.25, 0.3) is 0 Å². The monoisotopic (exact) mass is 505 g/mol. The summed E-state index contributed by atoms with van der Waals surface area (Å²) in [5.41, 5.74) is 4.45. The zero-order valence-corrected chi connectivity index (χ0v) is 21.7. The first-order valence-corrected chi connectivity index (χ1v) is 13.1. The molecule has 8 nitrogen and oxygen atoms in total. The van der Waals surface area contributed by atoms with Gasteiger partial charge in [-0.3, -0.25) is 9.69 Å². The lowest BCUT2D eigenvalue weighted by molar-refractivity contribution is -0.138. The molecule has 2 heterocycles. The van der Waals surface area contributed by atoms with E-state index in [2.05, 4.69) is 4.57 Å². The highest BCUT2D eigenvalue weighted by Gasteiger charge is 2.34. The van der Waals surface area contributed by atoms with E-state index >= 15 is 0 Å². The SMILES string of the molecule is COC(=O)N1c2ccc3c(nc(C[C@@H](C(=O)O)c4ccccc4)n3[C@@H]3CCC[C@H](OC)C3)c2CC[C@@H]1C. The van der Waals surface area contributed by atoms with Gasteiger partial charge in [0.2, 0.25) is 0 Å². The second kappa shape index (κ2) is 10.5. The molecule has 1 aliphatic carbocycles. The van der Waals surface area contributed by atoms with Crippen LogP contribution in [0, 0.1) is 0 Å². The van der Waals surface area contributed by atoms with E-state index in [4.69, 9.17) is 14.5 Å². The number of fused-ring (bicyclic) bond motifs is 3. The van der Waals surface area contributed by atoms with Crippen LogP contribution < -0.4 is 4.90 Å². The van der Waals surface area contributed by atoms with Crippen LogP contribution in [0.15, 0.2) is 42.5 Å². The first kappa shape index (κ1) is 25.3. The van der Waals surface area contributed by atoms with Gasteiger partial charge in [-0.25, -0.2) is 9.78 Å². The molecule has 196 valence electrons. The third-order valence-electron chi connectivity index (χ3n) is 8.08. The molecule has 4 atom stereocenters. The minimum absolute atomic E-state index is 0.0224. The molecule has 3 aromatic rings. The highest BCUT2D eigenvalue weighted by molar-refractivity contribution is 5.95. The van der Waals surface area contributed by atoms with Crippen LogP contribution in [0.4, 0.5) is 10.5 Å². The molecule has 0 unspecified atom stereocenters. The van der Waals surface area contributed by atoms with Gasteiger partial charge >= 0.3 is 12.1 Å². The number of rotatable bonds is 6. The summed E-state index contributed by atoms with van der Waals surface area (Å²) < 4.78 is 13.1. The maximum atomic E-state index is 12.6. The predicted molar refractivity (Wildman–Crippen MR) is 141 cm³/mol. The molecule has 0 radical (unpaired) electrons. The number of ether oxygens (including phenoxy) is 2. The van der Waals surface area contributed by atoms with Crippen LogP contribution in [0.5, 0.6) is 0 Å². The molecule has 0 spiro atoms. The zero-order chi connectivity index (χ0) is 26.1. The smallest absolute Gasteiger partial charge is 0.414 e. The number of benzene rings is 2. The van der Waals surface area contributed by atoms with E-state index in [1.54, 1.807) is 12.0 Å². The molecule has 1 amide bonds. The summed E-state index contributed by atoms with van der Waals surface area (Å²) in [5, 5.41) is 10.2. The van der Waals surface area contributed by atoms with E-state index in [-0.39, 0.29) is 30.7 Å². The Morgan fingerprint density at radius 2 is 1.89 bits per heavy atom. The van der Waals surface area contributed by atoms with Crippen molar-refractivity contribution in [1.29, 1.82) is 0 Å². The Labute approximate surface area is 217 Å². The summed E-state index contributed by atoms with van der Waals surface area (Å²) in [6.07, 6.45) is 5.60. The van der Waals surface area contributed by atoms with Crippen molar-refractivity contribution in [3.05, 3.63) is 59.4 Å². The quantitative estimate of drug-likeness (QED) is 0.476. The maximum Gasteiger partial charge on any atom is 0.414 e. The lowest BCUT2D eigenvalue weighted by Gasteiger charge is -2.34. The van der Waals surface area contributed by atoms with E-state index in [1.807, 2.05) is 49.4 Å². The van der Waals surface area contributed by atoms with E-state index in [0.717, 1.165) is 72.2 Å². The van der Waals surface area contributed by atoms with Crippen molar-refractivity contribution >= 4 is 28.8 Å². The Morgan fingerprint density at radius 3 is 2.59 bits per heavy atom. The molecule has 37 heavy (non-hydrogen) atoms. The van der Waals surface area contributed by atoms with Gasteiger partial charge < -0.3 is 19.1 Å². The molecule has 1 N–H and O–H groups in total. The third kappa shape index (κ3) is 4.70. The second-order valence-corrected chi connectivity index (χ2v) is 10.2. The van der Waals surface area contributed by atoms with Crippen molar-refractivity contribution in [1.82, 2.24) is 9.55 Å². The summed E-state index contributed by atoms with van der Waals surface area (Å²) in [6.45, 7) is 2.03. The lowest BCUT2D eigenvalue weighted by Crippen LogP contribution is -2.42. The fraction of sp³-hybridized carbons (Fsp3) is 0.483. The average Bonchev–Trinajstić information content (AvgIpc) is 3.30. The first-order valence-electron chi connectivity index (χ1n) is 13.1. The van der Waals surface area contributed by atoms with Crippen LogP contribution in [-0.2, 0) is 27.1 Å². The fourth-order valence-electron chi connectivity index (χ4n) is 6.16. The van der Waals surface area contributed by atoms with Gasteiger partial charge in [-0.15, -0.1) is 0 Å². The van der Waals surface area contributed by atoms with Crippen LogP contribution in [0.3, 0.4) is 0 Å². The summed E-state index contributed by atoms with van der Waals surface area (Å²) in [6, 6.07) is 13.6. The number of carbonyl (C=O) groups excluding carboxylic acids is 1. The number of carboxylic acid groups (broad SMARTS) is 1. The molecule has 1 aromatic heterocycles. The van der Waals surface area contributed by atoms with Crippen molar-refractivity contribution in [2.24, 2.45) is 0 Å². The van der Waals surface area contributed by atoms with E-state index in [9.17, 15) is 14.7 Å². The van der Waals surface area contributed by atoms with Crippen LogP contribution in [0.25, 0.3) is 11.0 Å². The highest BCUT2D eigenvalue weighted by atomic mass is 16.5. The number of hydrogen-bond donors (Lipinski definition) is 1. The van der Waals surface area contributed by atoms with Gasteiger partial charge in [0.05, 0.1) is 35.9 Å². The molecular formula is C29H35N3O5. The Balaban J connectivity index is 1.66. The number of methoxy groups -OCH3 is 2. The van der Waals surface area contributed by atoms with Crippen molar-refractivity contribution in [2.45, 2.75) is 76.0 Å². The van der Waals surface area contributed by atoms with Gasteiger partial charge in [0.1, 0.15) is 5.82 Å². The number of carboxylic acids is 1. The Kier molecular flexibility index (Phi) is 7.20. The predicted octanol–water partition coefficient (Wildman–Crippen LogP) is 5.48. The average molecular weight is 506 g/mol. The minimum atomic E-state index is -0.865. The van der Waals surface area contributed by atoms with Crippen molar-refractivity contribution in [3.8, 4) is 0 Å². The lowest BCUT2D eigenvalue weighted by atomic mass is 9.91. The number of anilines is 1. The van der Waals surface area contributed by atoms with Crippen molar-refractivity contribution in [3.63, 3.8) is 0 Å². The van der Waals surface area contributed by atoms with Crippen LogP contribution in [0.2, 0.25) is 0 Å². The molecule has 1 aliphatic heterocycles. The molecular weight excluding hydrogens is 470 g/mol. The number of carbonyl (C=O) groups is 2. The number of imidazole rings is 1.